The zero-order valence-corrected chi connectivity index (χ0v) is 13.8. The van der Waals surface area contributed by atoms with E-state index in [1.165, 1.54) is 6.07 Å². The fourth-order valence-electron chi connectivity index (χ4n) is 2.27. The van der Waals surface area contributed by atoms with Gasteiger partial charge in [0.05, 0.1) is 7.11 Å². The van der Waals surface area contributed by atoms with E-state index in [4.69, 9.17) is 9.15 Å². The number of anilines is 1. The van der Waals surface area contributed by atoms with Gasteiger partial charge in [0.25, 0.3) is 0 Å². The highest BCUT2D eigenvalue weighted by molar-refractivity contribution is 5.91. The molecule has 0 fully saturated rings. The van der Waals surface area contributed by atoms with Crippen molar-refractivity contribution in [2.45, 2.75) is 12.8 Å². The molecule has 26 heavy (non-hydrogen) atoms. The number of amides is 1. The Bertz CT molecular complexity index is 907. The molecule has 1 amide bonds. The Morgan fingerprint density at radius 1 is 1.15 bits per heavy atom. The molecule has 3 aromatic rings. The molecule has 3 rings (SSSR count). The van der Waals surface area contributed by atoms with Crippen molar-refractivity contribution in [1.29, 1.82) is 0 Å². The molecule has 0 unspecified atom stereocenters. The highest BCUT2D eigenvalue weighted by Crippen LogP contribution is 2.23. The van der Waals surface area contributed by atoms with Gasteiger partial charge in [-0.25, -0.2) is 8.78 Å². The van der Waals surface area contributed by atoms with Crippen molar-refractivity contribution in [2.24, 2.45) is 0 Å². The number of aryl methyl sites for hydroxylation is 1. The van der Waals surface area contributed by atoms with Gasteiger partial charge in [0.15, 0.2) is 0 Å². The molecular formula is C18H15F2N3O3. The Balaban J connectivity index is 1.62. The number of halogens is 2. The molecular weight excluding hydrogens is 344 g/mol. The summed E-state index contributed by atoms with van der Waals surface area (Å²) in [6.07, 6.45) is 0.0758. The van der Waals surface area contributed by atoms with Gasteiger partial charge in [0.1, 0.15) is 23.1 Å². The van der Waals surface area contributed by atoms with Crippen molar-refractivity contribution in [3.63, 3.8) is 0 Å². The quantitative estimate of drug-likeness (QED) is 0.728. The van der Waals surface area contributed by atoms with Gasteiger partial charge in [-0.15, -0.1) is 10.2 Å². The Kier molecular flexibility index (Phi) is 5.21. The zero-order chi connectivity index (χ0) is 18.5. The van der Waals surface area contributed by atoms with Crippen LogP contribution < -0.4 is 10.1 Å². The van der Waals surface area contributed by atoms with Crippen LogP contribution in [0.2, 0.25) is 0 Å². The van der Waals surface area contributed by atoms with Crippen LogP contribution in [0.1, 0.15) is 12.3 Å². The third-order valence-corrected chi connectivity index (χ3v) is 3.58. The van der Waals surface area contributed by atoms with Gasteiger partial charge in [-0.3, -0.25) is 4.79 Å². The fraction of sp³-hybridized carbons (Fsp3) is 0.167. The van der Waals surface area contributed by atoms with Gasteiger partial charge in [0.2, 0.25) is 17.7 Å². The van der Waals surface area contributed by atoms with Crippen LogP contribution in [0.15, 0.2) is 46.9 Å². The minimum atomic E-state index is -0.837. The summed E-state index contributed by atoms with van der Waals surface area (Å²) < 4.78 is 37.7. The number of aromatic nitrogens is 2. The highest BCUT2D eigenvalue weighted by atomic mass is 19.1. The van der Waals surface area contributed by atoms with Crippen LogP contribution in [0.3, 0.4) is 0 Å². The standard InChI is InChI=1S/C18H15F2N3O3/c1-25-12-5-2-4-11(10-12)18-23-22-16(26-18)9-8-15(24)21-17-13(19)6-3-7-14(17)20/h2-7,10H,8-9H2,1H3,(H,21,24). The first-order valence-corrected chi connectivity index (χ1v) is 7.77. The van der Waals surface area contributed by atoms with Crippen LogP contribution >= 0.6 is 0 Å². The molecule has 0 aliphatic rings. The normalized spacial score (nSPS) is 10.6. The Morgan fingerprint density at radius 2 is 1.88 bits per heavy atom. The highest BCUT2D eigenvalue weighted by Gasteiger charge is 2.14. The summed E-state index contributed by atoms with van der Waals surface area (Å²) in [4.78, 5) is 11.9. The van der Waals surface area contributed by atoms with Crippen LogP contribution in [0.5, 0.6) is 5.75 Å². The van der Waals surface area contributed by atoms with E-state index in [9.17, 15) is 13.6 Å². The second-order valence-electron chi connectivity index (χ2n) is 5.38. The maximum absolute atomic E-state index is 13.5. The first-order chi connectivity index (χ1) is 12.6. The predicted octanol–water partition coefficient (Wildman–Crippen LogP) is 3.59. The number of rotatable bonds is 6. The molecule has 0 saturated heterocycles. The Morgan fingerprint density at radius 3 is 2.62 bits per heavy atom. The predicted molar refractivity (Wildman–Crippen MR) is 89.6 cm³/mol. The van der Waals surface area contributed by atoms with E-state index in [1.807, 2.05) is 0 Å². The van der Waals surface area contributed by atoms with E-state index in [2.05, 4.69) is 15.5 Å². The number of para-hydroxylation sites is 1. The molecule has 134 valence electrons. The lowest BCUT2D eigenvalue weighted by Crippen LogP contribution is -2.14. The summed E-state index contributed by atoms with van der Waals surface area (Å²) in [5.74, 6) is -1.05. The maximum atomic E-state index is 13.5. The lowest BCUT2D eigenvalue weighted by atomic mass is 10.2. The molecule has 0 radical (unpaired) electrons. The van der Waals surface area contributed by atoms with Crippen LogP contribution in [0.25, 0.3) is 11.5 Å². The van der Waals surface area contributed by atoms with Gasteiger partial charge >= 0.3 is 0 Å². The van der Waals surface area contributed by atoms with E-state index in [-0.39, 0.29) is 18.7 Å². The number of ether oxygens (including phenoxy) is 1. The van der Waals surface area contributed by atoms with Crippen LogP contribution in [-0.2, 0) is 11.2 Å². The maximum Gasteiger partial charge on any atom is 0.247 e. The van der Waals surface area contributed by atoms with Crippen molar-refractivity contribution >= 4 is 11.6 Å². The van der Waals surface area contributed by atoms with E-state index in [0.717, 1.165) is 12.1 Å². The average molecular weight is 359 g/mol. The van der Waals surface area contributed by atoms with Gasteiger partial charge < -0.3 is 14.5 Å². The van der Waals surface area contributed by atoms with Crippen LogP contribution in [-0.4, -0.2) is 23.2 Å². The lowest BCUT2D eigenvalue weighted by molar-refractivity contribution is -0.116. The lowest BCUT2D eigenvalue weighted by Gasteiger charge is -2.06. The molecule has 1 N–H and O–H groups in total. The molecule has 6 nitrogen and oxygen atoms in total. The molecule has 0 aliphatic carbocycles. The average Bonchev–Trinajstić information content (AvgIpc) is 3.12. The molecule has 0 atom stereocenters. The molecule has 0 spiro atoms. The number of nitrogens with one attached hydrogen (secondary N) is 1. The molecule has 0 aliphatic heterocycles. The molecule has 8 heteroatoms. The second kappa shape index (κ2) is 7.73. The Labute approximate surface area is 147 Å². The number of hydrogen-bond donors (Lipinski definition) is 1. The zero-order valence-electron chi connectivity index (χ0n) is 13.8. The molecule has 0 bridgehead atoms. The van der Waals surface area contributed by atoms with Gasteiger partial charge in [-0.2, -0.15) is 0 Å². The molecule has 1 aromatic heterocycles. The largest absolute Gasteiger partial charge is 0.497 e. The molecule has 0 saturated carbocycles. The first kappa shape index (κ1) is 17.5. The number of nitrogens with zero attached hydrogens (tertiary/aromatic N) is 2. The van der Waals surface area contributed by atoms with E-state index in [1.54, 1.807) is 31.4 Å². The molecule has 1 heterocycles. The summed E-state index contributed by atoms with van der Waals surface area (Å²) in [6, 6.07) is 10.5. The monoisotopic (exact) mass is 359 g/mol. The second-order valence-corrected chi connectivity index (χ2v) is 5.38. The minimum absolute atomic E-state index is 0.0620. The Hall–Kier alpha value is -3.29. The summed E-state index contributed by atoms with van der Waals surface area (Å²) in [7, 11) is 1.55. The first-order valence-electron chi connectivity index (χ1n) is 7.77. The topological polar surface area (TPSA) is 77.2 Å². The molecule has 2 aromatic carbocycles. The van der Waals surface area contributed by atoms with Crippen molar-refractivity contribution in [3.05, 3.63) is 60.0 Å². The van der Waals surface area contributed by atoms with Crippen LogP contribution in [0.4, 0.5) is 14.5 Å². The third kappa shape index (κ3) is 4.02. The minimum Gasteiger partial charge on any atom is -0.497 e. The van der Waals surface area contributed by atoms with Crippen molar-refractivity contribution in [1.82, 2.24) is 10.2 Å². The smallest absolute Gasteiger partial charge is 0.247 e. The summed E-state index contributed by atoms with van der Waals surface area (Å²) in [6.45, 7) is 0. The van der Waals surface area contributed by atoms with Gasteiger partial charge in [-0.1, -0.05) is 12.1 Å². The van der Waals surface area contributed by atoms with Crippen molar-refractivity contribution < 1.29 is 22.7 Å². The van der Waals surface area contributed by atoms with Gasteiger partial charge in [-0.05, 0) is 30.3 Å². The van der Waals surface area contributed by atoms with E-state index in [0.29, 0.717) is 17.2 Å². The summed E-state index contributed by atoms with van der Waals surface area (Å²) in [5, 5.41) is 10.0. The number of carbonyl (C=O) groups is 1. The third-order valence-electron chi connectivity index (χ3n) is 3.58. The van der Waals surface area contributed by atoms with E-state index < -0.39 is 23.2 Å². The summed E-state index contributed by atoms with van der Waals surface area (Å²) in [5.41, 5.74) is 0.209. The van der Waals surface area contributed by atoms with Gasteiger partial charge in [0, 0.05) is 18.4 Å². The fourth-order valence-corrected chi connectivity index (χ4v) is 2.27. The number of hydrogen-bond acceptors (Lipinski definition) is 5. The number of benzene rings is 2. The number of methoxy groups -OCH3 is 1. The van der Waals surface area contributed by atoms with Crippen molar-refractivity contribution in [2.75, 3.05) is 12.4 Å². The SMILES string of the molecule is COc1cccc(-c2nnc(CCC(=O)Nc3c(F)cccc3F)o2)c1. The van der Waals surface area contributed by atoms with Crippen molar-refractivity contribution in [3.8, 4) is 17.2 Å². The van der Waals surface area contributed by atoms with E-state index >= 15 is 0 Å². The number of carbonyl (C=O) groups excluding carboxylic acids is 1. The van der Waals surface area contributed by atoms with Crippen LogP contribution in [0, 0.1) is 11.6 Å². The summed E-state index contributed by atoms with van der Waals surface area (Å²) >= 11 is 0.